The average molecular weight is 218 g/mol. The van der Waals surface area contributed by atoms with Gasteiger partial charge in [0.05, 0.1) is 6.10 Å². The van der Waals surface area contributed by atoms with Crippen molar-refractivity contribution in [2.24, 2.45) is 5.73 Å². The summed E-state index contributed by atoms with van der Waals surface area (Å²) in [5.41, 5.74) is 4.91. The molecule has 0 bridgehead atoms. The van der Waals surface area contributed by atoms with Gasteiger partial charge in [-0.3, -0.25) is 9.59 Å². The number of hydrogen-bond donors (Lipinski definition) is 4. The molecule has 0 saturated heterocycles. The molecule has 2 atom stereocenters. The summed E-state index contributed by atoms with van der Waals surface area (Å²) in [7, 11) is 0. The van der Waals surface area contributed by atoms with Gasteiger partial charge in [-0.25, -0.2) is 0 Å². The summed E-state index contributed by atoms with van der Waals surface area (Å²) in [5.74, 6) is -1.57. The summed E-state index contributed by atoms with van der Waals surface area (Å²) < 4.78 is 0. The van der Waals surface area contributed by atoms with E-state index < -0.39 is 24.0 Å². The van der Waals surface area contributed by atoms with Gasteiger partial charge < -0.3 is 21.3 Å². The molecule has 0 rings (SSSR count). The van der Waals surface area contributed by atoms with E-state index in [0.29, 0.717) is 6.42 Å². The maximum absolute atomic E-state index is 10.7. The molecule has 6 heteroatoms. The molecule has 0 saturated carbocycles. The van der Waals surface area contributed by atoms with Crippen LogP contribution in [0.15, 0.2) is 0 Å². The van der Waals surface area contributed by atoms with E-state index in [2.05, 4.69) is 5.32 Å². The van der Waals surface area contributed by atoms with Crippen LogP contribution >= 0.6 is 0 Å². The molecule has 0 heterocycles. The number of amides is 1. The number of hydrogen-bond acceptors (Lipinski definition) is 4. The van der Waals surface area contributed by atoms with E-state index in [9.17, 15) is 14.7 Å². The molecular formula is C9H18N2O4. The maximum atomic E-state index is 10.7. The van der Waals surface area contributed by atoms with Crippen molar-refractivity contribution in [3.05, 3.63) is 0 Å². The molecule has 1 unspecified atom stereocenters. The molecule has 0 aromatic carbocycles. The summed E-state index contributed by atoms with van der Waals surface area (Å²) in [5, 5.41) is 20.7. The maximum Gasteiger partial charge on any atom is 0.320 e. The molecule has 5 N–H and O–H groups in total. The van der Waals surface area contributed by atoms with E-state index in [1.165, 1.54) is 0 Å². The average Bonchev–Trinajstić information content (AvgIpc) is 2.16. The van der Waals surface area contributed by atoms with Gasteiger partial charge >= 0.3 is 5.97 Å². The molecule has 1 amide bonds. The number of nitrogens with two attached hydrogens (primary N) is 1. The van der Waals surface area contributed by atoms with Crippen LogP contribution in [0.3, 0.4) is 0 Å². The Morgan fingerprint density at radius 1 is 1.47 bits per heavy atom. The second kappa shape index (κ2) is 7.19. The number of aliphatic hydroxyl groups is 1. The fourth-order valence-electron chi connectivity index (χ4n) is 1.02. The second-order valence-electron chi connectivity index (χ2n) is 3.37. The van der Waals surface area contributed by atoms with Crippen molar-refractivity contribution in [1.29, 1.82) is 0 Å². The van der Waals surface area contributed by atoms with E-state index in [1.807, 2.05) is 0 Å². The Labute approximate surface area is 88.5 Å². The Morgan fingerprint density at radius 3 is 2.47 bits per heavy atom. The second-order valence-corrected chi connectivity index (χ2v) is 3.37. The van der Waals surface area contributed by atoms with Gasteiger partial charge in [0, 0.05) is 13.0 Å². The van der Waals surface area contributed by atoms with Gasteiger partial charge in [0.2, 0.25) is 5.91 Å². The minimum atomic E-state index is -1.04. The van der Waals surface area contributed by atoms with Gasteiger partial charge in [0.25, 0.3) is 0 Å². The predicted molar refractivity (Wildman–Crippen MR) is 54.2 cm³/mol. The number of carbonyl (C=O) groups excluding carboxylic acids is 1. The molecule has 0 fully saturated rings. The van der Waals surface area contributed by atoms with E-state index in [4.69, 9.17) is 10.8 Å². The lowest BCUT2D eigenvalue weighted by atomic mass is 10.1. The third-order valence-electron chi connectivity index (χ3n) is 2.05. The molecular weight excluding hydrogens is 200 g/mol. The Hall–Kier alpha value is -1.14. The Kier molecular flexibility index (Phi) is 6.64. The quantitative estimate of drug-likeness (QED) is 0.420. The van der Waals surface area contributed by atoms with Crippen LogP contribution in [0, 0.1) is 0 Å². The lowest BCUT2D eigenvalue weighted by Crippen LogP contribution is -2.41. The lowest BCUT2D eigenvalue weighted by Gasteiger charge is -2.15. The van der Waals surface area contributed by atoms with Crippen LogP contribution in [0.25, 0.3) is 0 Å². The zero-order valence-corrected chi connectivity index (χ0v) is 8.77. The Bertz CT molecular complexity index is 220. The largest absolute Gasteiger partial charge is 0.480 e. The van der Waals surface area contributed by atoms with Crippen LogP contribution < -0.4 is 11.1 Å². The standard InChI is InChI=1S/C9H18N2O4/c1-2-6(12)5-11-7(9(14)15)3-4-8(10)13/h6-7,11-12H,2-5H2,1H3,(H2,10,13)(H,14,15)/t6?,7-/m0/s1. The Morgan fingerprint density at radius 2 is 2.07 bits per heavy atom. The number of aliphatic carboxylic acids is 1. The van der Waals surface area contributed by atoms with Crippen molar-refractivity contribution < 1.29 is 19.8 Å². The molecule has 0 aliphatic carbocycles. The normalized spacial score (nSPS) is 14.5. The molecule has 15 heavy (non-hydrogen) atoms. The molecule has 6 nitrogen and oxygen atoms in total. The first kappa shape index (κ1) is 13.9. The highest BCUT2D eigenvalue weighted by atomic mass is 16.4. The van der Waals surface area contributed by atoms with E-state index in [1.54, 1.807) is 6.92 Å². The predicted octanol–water partition coefficient (Wildman–Crippen LogP) is -0.934. The van der Waals surface area contributed by atoms with E-state index in [0.717, 1.165) is 0 Å². The van der Waals surface area contributed by atoms with Crippen LogP contribution in [0.2, 0.25) is 0 Å². The topological polar surface area (TPSA) is 113 Å². The van der Waals surface area contributed by atoms with Crippen molar-refractivity contribution in [2.75, 3.05) is 6.54 Å². The van der Waals surface area contributed by atoms with Crippen molar-refractivity contribution >= 4 is 11.9 Å². The van der Waals surface area contributed by atoms with Gasteiger partial charge in [-0.1, -0.05) is 6.92 Å². The van der Waals surface area contributed by atoms with Crippen molar-refractivity contribution in [3.63, 3.8) is 0 Å². The number of carboxylic acid groups (broad SMARTS) is 1. The van der Waals surface area contributed by atoms with Crippen LogP contribution in [-0.4, -0.2) is 40.8 Å². The van der Waals surface area contributed by atoms with Gasteiger partial charge in [0.1, 0.15) is 6.04 Å². The molecule has 0 spiro atoms. The smallest absolute Gasteiger partial charge is 0.320 e. The third kappa shape index (κ3) is 6.87. The molecule has 0 aliphatic heterocycles. The fourth-order valence-corrected chi connectivity index (χ4v) is 1.02. The van der Waals surface area contributed by atoms with Crippen molar-refractivity contribution in [2.45, 2.75) is 38.3 Å². The molecule has 0 radical (unpaired) electrons. The molecule has 0 aromatic rings. The highest BCUT2D eigenvalue weighted by molar-refractivity contribution is 5.77. The zero-order chi connectivity index (χ0) is 11.8. The highest BCUT2D eigenvalue weighted by Crippen LogP contribution is 1.98. The first-order valence-electron chi connectivity index (χ1n) is 4.90. The lowest BCUT2D eigenvalue weighted by molar-refractivity contribution is -0.139. The minimum absolute atomic E-state index is 0.0200. The van der Waals surface area contributed by atoms with Crippen LogP contribution in [-0.2, 0) is 9.59 Å². The Balaban J connectivity index is 3.94. The van der Waals surface area contributed by atoms with Gasteiger partial charge in [-0.05, 0) is 12.8 Å². The van der Waals surface area contributed by atoms with Crippen molar-refractivity contribution in [3.8, 4) is 0 Å². The summed E-state index contributed by atoms with van der Waals surface area (Å²) in [6.07, 6.45) is 0.142. The van der Waals surface area contributed by atoms with Crippen LogP contribution in [0.4, 0.5) is 0 Å². The number of nitrogens with one attached hydrogen (secondary N) is 1. The van der Waals surface area contributed by atoms with E-state index >= 15 is 0 Å². The molecule has 0 aromatic heterocycles. The highest BCUT2D eigenvalue weighted by Gasteiger charge is 2.18. The monoisotopic (exact) mass is 218 g/mol. The van der Waals surface area contributed by atoms with Gasteiger partial charge in [0.15, 0.2) is 0 Å². The van der Waals surface area contributed by atoms with Gasteiger partial charge in [-0.2, -0.15) is 0 Å². The number of aliphatic hydroxyl groups excluding tert-OH is 1. The zero-order valence-electron chi connectivity index (χ0n) is 8.77. The summed E-state index contributed by atoms with van der Waals surface area (Å²) in [6, 6.07) is -0.835. The molecule has 0 aliphatic rings. The number of rotatable bonds is 8. The number of primary amides is 1. The molecule has 88 valence electrons. The third-order valence-corrected chi connectivity index (χ3v) is 2.05. The van der Waals surface area contributed by atoms with Crippen LogP contribution in [0.1, 0.15) is 26.2 Å². The van der Waals surface area contributed by atoms with Crippen LogP contribution in [0.5, 0.6) is 0 Å². The number of carboxylic acids is 1. The first-order chi connectivity index (χ1) is 6.97. The van der Waals surface area contributed by atoms with Crippen molar-refractivity contribution in [1.82, 2.24) is 5.32 Å². The summed E-state index contributed by atoms with van der Waals surface area (Å²) in [6.45, 7) is 2.00. The number of carbonyl (C=O) groups is 2. The van der Waals surface area contributed by atoms with E-state index in [-0.39, 0.29) is 19.4 Å². The summed E-state index contributed by atoms with van der Waals surface area (Å²) in [4.78, 5) is 21.2. The fraction of sp³-hybridized carbons (Fsp3) is 0.778. The van der Waals surface area contributed by atoms with Gasteiger partial charge in [-0.15, -0.1) is 0 Å². The SMILES string of the molecule is CCC(O)CN[C@@H](CCC(N)=O)C(=O)O. The first-order valence-corrected chi connectivity index (χ1v) is 4.90. The minimum Gasteiger partial charge on any atom is -0.480 e. The summed E-state index contributed by atoms with van der Waals surface area (Å²) >= 11 is 0.